The van der Waals surface area contributed by atoms with Gasteiger partial charge < -0.3 is 4.90 Å². The summed E-state index contributed by atoms with van der Waals surface area (Å²) >= 11 is 5.88. The third-order valence-electron chi connectivity index (χ3n) is 6.23. The number of nitriles is 1. The molecule has 3 amide bonds. The first-order valence-corrected chi connectivity index (χ1v) is 12.9. The van der Waals surface area contributed by atoms with Crippen LogP contribution in [-0.4, -0.2) is 30.8 Å². The number of anilines is 1. The molecule has 0 bridgehead atoms. The summed E-state index contributed by atoms with van der Waals surface area (Å²) in [7, 11) is -4.04. The van der Waals surface area contributed by atoms with E-state index in [-0.39, 0.29) is 27.6 Å². The number of nitrogens with zero attached hydrogens (tertiary/aromatic N) is 3. The van der Waals surface area contributed by atoms with E-state index < -0.39 is 44.6 Å². The van der Waals surface area contributed by atoms with Crippen LogP contribution in [0.1, 0.15) is 30.5 Å². The maximum atomic E-state index is 13.5. The molecule has 3 aromatic carbocycles. The number of imide groups is 1. The maximum Gasteiger partial charge on any atom is 0.417 e. The normalized spacial score (nSPS) is 15.6. The standard InChI is InChI=1S/C26H19ClF3N3O4S/c1-25(2)23(34)33(19-10-7-16(14-31)21(13-19)26(28,29)30)24(35)32(25)15-17-5-3-4-6-22(17)38(36,37)20-11-8-18(27)9-12-20/h3-13H,15H2,1-2H3. The third-order valence-corrected chi connectivity index (χ3v) is 8.35. The summed E-state index contributed by atoms with van der Waals surface area (Å²) in [5.41, 5.74) is -3.62. The van der Waals surface area contributed by atoms with Crippen molar-refractivity contribution in [1.82, 2.24) is 4.90 Å². The van der Waals surface area contributed by atoms with Crippen LogP contribution in [-0.2, 0) is 27.4 Å². The lowest BCUT2D eigenvalue weighted by atomic mass is 10.0. The van der Waals surface area contributed by atoms with Gasteiger partial charge in [-0.3, -0.25) is 4.79 Å². The van der Waals surface area contributed by atoms with E-state index >= 15 is 0 Å². The highest BCUT2D eigenvalue weighted by Gasteiger charge is 2.52. The Morgan fingerprint density at radius 3 is 2.24 bits per heavy atom. The van der Waals surface area contributed by atoms with Gasteiger partial charge in [0.15, 0.2) is 0 Å². The van der Waals surface area contributed by atoms with E-state index in [2.05, 4.69) is 0 Å². The number of hydrogen-bond donors (Lipinski definition) is 0. The van der Waals surface area contributed by atoms with Crippen molar-refractivity contribution in [1.29, 1.82) is 5.26 Å². The molecule has 0 unspecified atom stereocenters. The molecule has 4 rings (SSSR count). The molecule has 0 aliphatic carbocycles. The molecule has 3 aromatic rings. The molecule has 1 aliphatic rings. The Morgan fingerprint density at radius 1 is 1.00 bits per heavy atom. The average molecular weight is 562 g/mol. The van der Waals surface area contributed by atoms with Gasteiger partial charge in [0.2, 0.25) is 9.84 Å². The van der Waals surface area contributed by atoms with Crippen molar-refractivity contribution in [2.75, 3.05) is 4.90 Å². The van der Waals surface area contributed by atoms with Crippen LogP contribution in [0.5, 0.6) is 0 Å². The molecule has 0 radical (unpaired) electrons. The van der Waals surface area contributed by atoms with Crippen LogP contribution in [0.3, 0.4) is 0 Å². The number of carbonyl (C=O) groups is 2. The summed E-state index contributed by atoms with van der Waals surface area (Å²) in [6.07, 6.45) is -4.89. The van der Waals surface area contributed by atoms with E-state index in [1.54, 1.807) is 6.07 Å². The van der Waals surface area contributed by atoms with Crippen molar-refractivity contribution in [2.45, 2.75) is 41.9 Å². The molecule has 1 aliphatic heterocycles. The third kappa shape index (κ3) is 4.61. The molecule has 38 heavy (non-hydrogen) atoms. The molecule has 7 nitrogen and oxygen atoms in total. The molecule has 0 spiro atoms. The second-order valence-corrected chi connectivity index (χ2v) is 11.3. The minimum Gasteiger partial charge on any atom is -0.305 e. The topological polar surface area (TPSA) is 98.5 Å². The summed E-state index contributed by atoms with van der Waals surface area (Å²) < 4.78 is 67.3. The van der Waals surface area contributed by atoms with Crippen LogP contribution in [0.15, 0.2) is 76.5 Å². The van der Waals surface area contributed by atoms with Gasteiger partial charge in [0.1, 0.15) is 5.54 Å². The van der Waals surface area contributed by atoms with E-state index in [1.165, 1.54) is 62.4 Å². The monoisotopic (exact) mass is 561 g/mol. The van der Waals surface area contributed by atoms with Crippen molar-refractivity contribution in [3.05, 3.63) is 88.4 Å². The number of alkyl halides is 3. The first-order chi connectivity index (χ1) is 17.7. The van der Waals surface area contributed by atoms with Crippen molar-refractivity contribution in [3.63, 3.8) is 0 Å². The molecular formula is C26H19ClF3N3O4S. The fraction of sp³-hybridized carbons (Fsp3) is 0.192. The average Bonchev–Trinajstić information content (AvgIpc) is 3.02. The predicted molar refractivity (Wildman–Crippen MR) is 132 cm³/mol. The lowest BCUT2D eigenvalue weighted by Gasteiger charge is -2.28. The largest absolute Gasteiger partial charge is 0.417 e. The summed E-state index contributed by atoms with van der Waals surface area (Å²) in [6.45, 7) is 2.51. The summed E-state index contributed by atoms with van der Waals surface area (Å²) in [4.78, 5) is 28.3. The molecule has 1 fully saturated rings. The van der Waals surface area contributed by atoms with E-state index in [4.69, 9.17) is 16.9 Å². The SMILES string of the molecule is CC1(C)C(=O)N(c2ccc(C#N)c(C(F)(F)F)c2)C(=O)N1Cc1ccccc1S(=O)(=O)c1ccc(Cl)cc1. The van der Waals surface area contributed by atoms with Crippen LogP contribution in [0.4, 0.5) is 23.7 Å². The minimum absolute atomic E-state index is 0.0312. The molecule has 196 valence electrons. The van der Waals surface area contributed by atoms with Gasteiger partial charge in [0.25, 0.3) is 5.91 Å². The number of halogens is 4. The summed E-state index contributed by atoms with van der Waals surface area (Å²) in [5.74, 6) is -0.807. The van der Waals surface area contributed by atoms with Crippen LogP contribution < -0.4 is 4.90 Å². The molecular weight excluding hydrogens is 543 g/mol. The zero-order valence-corrected chi connectivity index (χ0v) is 21.5. The number of hydrogen-bond acceptors (Lipinski definition) is 5. The number of sulfone groups is 1. The molecule has 12 heteroatoms. The Hall–Kier alpha value is -3.88. The van der Waals surface area contributed by atoms with Crippen molar-refractivity contribution < 1.29 is 31.2 Å². The van der Waals surface area contributed by atoms with Crippen LogP contribution in [0.2, 0.25) is 5.02 Å². The van der Waals surface area contributed by atoms with Crippen LogP contribution in [0, 0.1) is 11.3 Å². The molecule has 0 N–H and O–H groups in total. The predicted octanol–water partition coefficient (Wildman–Crippen LogP) is 5.81. The molecule has 0 atom stereocenters. The van der Waals surface area contributed by atoms with Gasteiger partial charge in [-0.25, -0.2) is 18.1 Å². The minimum atomic E-state index is -4.89. The fourth-order valence-corrected chi connectivity index (χ4v) is 5.75. The number of rotatable bonds is 5. The Labute approximate surface area is 221 Å². The number of carbonyl (C=O) groups excluding carboxylic acids is 2. The molecule has 1 saturated heterocycles. The van der Waals surface area contributed by atoms with E-state index in [0.29, 0.717) is 16.0 Å². The zero-order chi connectivity index (χ0) is 28.0. The summed E-state index contributed by atoms with van der Waals surface area (Å²) in [6, 6.07) is 14.5. The van der Waals surface area contributed by atoms with Gasteiger partial charge in [-0.2, -0.15) is 18.4 Å². The highest BCUT2D eigenvalue weighted by Crippen LogP contribution is 2.39. The number of amides is 3. The first kappa shape index (κ1) is 27.2. The maximum absolute atomic E-state index is 13.5. The van der Waals surface area contributed by atoms with Crippen LogP contribution in [0.25, 0.3) is 0 Å². The number of urea groups is 1. The molecule has 1 heterocycles. The van der Waals surface area contributed by atoms with Crippen LogP contribution >= 0.6 is 11.6 Å². The van der Waals surface area contributed by atoms with Crippen molar-refractivity contribution in [3.8, 4) is 6.07 Å². The highest BCUT2D eigenvalue weighted by atomic mass is 35.5. The van der Waals surface area contributed by atoms with E-state index in [9.17, 15) is 31.2 Å². The zero-order valence-electron chi connectivity index (χ0n) is 20.0. The van der Waals surface area contributed by atoms with E-state index in [1.807, 2.05) is 0 Å². The number of benzene rings is 3. The van der Waals surface area contributed by atoms with Gasteiger partial charge >= 0.3 is 12.2 Å². The quantitative estimate of drug-likeness (QED) is 0.366. The Balaban J connectivity index is 1.75. The second-order valence-electron chi connectivity index (χ2n) is 8.97. The lowest BCUT2D eigenvalue weighted by Crippen LogP contribution is -2.43. The van der Waals surface area contributed by atoms with Crippen molar-refractivity contribution in [2.24, 2.45) is 0 Å². The van der Waals surface area contributed by atoms with Gasteiger partial charge in [0, 0.05) is 11.6 Å². The van der Waals surface area contributed by atoms with Gasteiger partial charge in [-0.15, -0.1) is 0 Å². The molecule has 0 saturated carbocycles. The van der Waals surface area contributed by atoms with Gasteiger partial charge in [-0.05, 0) is 67.9 Å². The Morgan fingerprint density at radius 2 is 1.63 bits per heavy atom. The second kappa shape index (κ2) is 9.45. The van der Waals surface area contributed by atoms with E-state index in [0.717, 1.165) is 17.0 Å². The smallest absolute Gasteiger partial charge is 0.305 e. The van der Waals surface area contributed by atoms with Gasteiger partial charge in [0.05, 0.1) is 32.7 Å². The lowest BCUT2D eigenvalue weighted by molar-refractivity contribution is -0.137. The fourth-order valence-electron chi connectivity index (χ4n) is 4.14. The molecule has 0 aromatic heterocycles. The van der Waals surface area contributed by atoms with Crippen molar-refractivity contribution >= 4 is 39.1 Å². The Kier molecular flexibility index (Phi) is 6.76. The summed E-state index contributed by atoms with van der Waals surface area (Å²) in [5, 5.41) is 9.40. The highest BCUT2D eigenvalue weighted by molar-refractivity contribution is 7.91. The van der Waals surface area contributed by atoms with Gasteiger partial charge in [-0.1, -0.05) is 29.8 Å². The first-order valence-electron chi connectivity index (χ1n) is 11.1. The Bertz CT molecular complexity index is 1600.